The molecule has 52 heavy (non-hydrogen) atoms. The molecule has 0 fully saturated rings. The quantitative estimate of drug-likeness (QED) is 0.0818. The molecule has 4 rings (SSSR count). The molecule has 0 spiro atoms. The summed E-state index contributed by atoms with van der Waals surface area (Å²) in [6.07, 6.45) is 1.94. The number of isocyanates is 2. The summed E-state index contributed by atoms with van der Waals surface area (Å²) in [5, 5.41) is 5.43. The summed E-state index contributed by atoms with van der Waals surface area (Å²) < 4.78 is 22.2. The monoisotopic (exact) mass is 708 g/mol. The zero-order valence-corrected chi connectivity index (χ0v) is 28.7. The molecule has 0 aliphatic carbocycles. The molecule has 4 aromatic carbocycles. The van der Waals surface area contributed by atoms with Crippen molar-refractivity contribution in [1.82, 2.24) is 0 Å². The lowest BCUT2D eigenvalue weighted by Crippen LogP contribution is -2.29. The highest BCUT2D eigenvalue weighted by molar-refractivity contribution is 5.85. The summed E-state index contributed by atoms with van der Waals surface area (Å²) in [4.78, 5) is 52.7. The van der Waals surface area contributed by atoms with Crippen molar-refractivity contribution in [1.29, 1.82) is 0 Å². The molecule has 12 heteroatoms. The minimum Gasteiger partial charge on any atom is -0.444 e. The summed E-state index contributed by atoms with van der Waals surface area (Å²) in [5.41, 5.74) is 6.52. The van der Waals surface area contributed by atoms with Crippen LogP contribution in [0.5, 0.6) is 0 Å². The molecular weight excluding hydrogens is 664 g/mol. The van der Waals surface area contributed by atoms with Crippen molar-refractivity contribution >= 4 is 47.1 Å². The fraction of sp³-hybridized carbons (Fsp3) is 0.300. The smallest absolute Gasteiger partial charge is 0.411 e. The van der Waals surface area contributed by atoms with E-state index in [0.29, 0.717) is 35.6 Å². The fourth-order valence-corrected chi connectivity index (χ4v) is 4.84. The summed E-state index contributed by atoms with van der Waals surface area (Å²) >= 11 is 0. The van der Waals surface area contributed by atoms with Crippen molar-refractivity contribution in [3.8, 4) is 0 Å². The number of carbonyl (C=O) groups excluding carboxylic acids is 4. The summed E-state index contributed by atoms with van der Waals surface area (Å²) in [7, 11) is 0. The van der Waals surface area contributed by atoms with E-state index in [0.717, 1.165) is 22.3 Å². The molecular formula is C40H44N4O8. The van der Waals surface area contributed by atoms with Crippen LogP contribution in [0.3, 0.4) is 0 Å². The van der Waals surface area contributed by atoms with Gasteiger partial charge in [-0.2, -0.15) is 9.98 Å². The van der Waals surface area contributed by atoms with Crippen molar-refractivity contribution in [2.75, 3.05) is 30.5 Å². The third-order valence-corrected chi connectivity index (χ3v) is 7.38. The van der Waals surface area contributed by atoms with E-state index in [9.17, 15) is 19.2 Å². The lowest BCUT2D eigenvalue weighted by molar-refractivity contribution is -0.0512. The van der Waals surface area contributed by atoms with Crippen LogP contribution in [0, 0.1) is 0 Å². The Morgan fingerprint density at radius 1 is 0.558 bits per heavy atom. The van der Waals surface area contributed by atoms with Crippen LogP contribution < -0.4 is 10.6 Å². The number of hydrogen-bond donors (Lipinski definition) is 2. The topological polar surface area (TPSA) is 154 Å². The minimum atomic E-state index is -0.594. The van der Waals surface area contributed by atoms with Crippen LogP contribution in [0.1, 0.15) is 50.5 Å². The molecule has 0 aromatic heterocycles. The van der Waals surface area contributed by atoms with Gasteiger partial charge in [0.15, 0.2) is 0 Å². The van der Waals surface area contributed by atoms with Crippen molar-refractivity contribution in [2.45, 2.75) is 59.4 Å². The zero-order chi connectivity index (χ0) is 36.4. The lowest BCUT2D eigenvalue weighted by Gasteiger charge is -2.19. The Kier molecular flexibility index (Phi) is 16.6. The number of nitrogens with zero attached hydrogens (tertiary/aromatic N) is 2. The third kappa shape index (κ3) is 14.5. The molecule has 0 saturated carbocycles. The van der Waals surface area contributed by atoms with E-state index < -0.39 is 24.4 Å². The van der Waals surface area contributed by atoms with Gasteiger partial charge in [-0.05, 0) is 104 Å². The molecule has 0 saturated heterocycles. The standard InChI is InChI=1S/C39H40N4O8.CH4/c1-27(49-24-29(3)51-39(47)43-37-18-10-33(11-19-37)21-31-6-14-35(15-7-31)41-26-45)22-48-23-28(2)50-38(46)42-36-16-8-32(9-17-36)20-30-4-12-34(13-5-30)40-25-44;/h4-19,27-29H,20-24H2,1-3H3,(H,42,46)(H,43,47);1H4. The number of amides is 2. The Morgan fingerprint density at radius 2 is 0.904 bits per heavy atom. The number of hydrogen-bond acceptors (Lipinski definition) is 10. The molecule has 3 unspecified atom stereocenters. The van der Waals surface area contributed by atoms with E-state index in [1.165, 1.54) is 12.2 Å². The van der Waals surface area contributed by atoms with Crippen LogP contribution in [0.2, 0.25) is 0 Å². The second-order valence-electron chi connectivity index (χ2n) is 11.8. The molecule has 2 N–H and O–H groups in total. The molecule has 3 atom stereocenters. The lowest BCUT2D eigenvalue weighted by atomic mass is 10.0. The average Bonchev–Trinajstić information content (AvgIpc) is 3.11. The molecule has 12 nitrogen and oxygen atoms in total. The number of aliphatic imine (C=N–C) groups is 2. The maximum atomic E-state index is 12.4. The van der Waals surface area contributed by atoms with Gasteiger partial charge in [0.2, 0.25) is 12.2 Å². The summed E-state index contributed by atoms with van der Waals surface area (Å²) in [5.74, 6) is 0. The van der Waals surface area contributed by atoms with Gasteiger partial charge in [0.1, 0.15) is 12.2 Å². The van der Waals surface area contributed by atoms with E-state index in [-0.39, 0.29) is 33.4 Å². The van der Waals surface area contributed by atoms with Gasteiger partial charge in [-0.15, -0.1) is 0 Å². The largest absolute Gasteiger partial charge is 0.444 e. The van der Waals surface area contributed by atoms with Gasteiger partial charge in [-0.1, -0.05) is 56.0 Å². The Labute approximate surface area is 303 Å². The first-order chi connectivity index (χ1) is 24.7. The van der Waals surface area contributed by atoms with Gasteiger partial charge in [0.25, 0.3) is 0 Å². The highest BCUT2D eigenvalue weighted by atomic mass is 16.6. The zero-order valence-electron chi connectivity index (χ0n) is 28.7. The van der Waals surface area contributed by atoms with E-state index in [1.807, 2.05) is 55.5 Å². The Morgan fingerprint density at radius 3 is 1.29 bits per heavy atom. The van der Waals surface area contributed by atoms with Crippen LogP contribution in [0.25, 0.3) is 0 Å². The molecule has 2 amide bonds. The number of rotatable bonds is 17. The number of nitrogens with one attached hydrogen (secondary N) is 2. The first kappa shape index (κ1) is 40.5. The van der Waals surface area contributed by atoms with E-state index >= 15 is 0 Å². The predicted molar refractivity (Wildman–Crippen MR) is 199 cm³/mol. The minimum absolute atomic E-state index is 0. The molecule has 0 aliphatic heterocycles. The number of anilines is 2. The fourth-order valence-electron chi connectivity index (χ4n) is 4.84. The number of benzene rings is 4. The van der Waals surface area contributed by atoms with E-state index in [2.05, 4.69) is 20.6 Å². The van der Waals surface area contributed by atoms with Crippen LogP contribution in [-0.2, 0) is 41.4 Å². The maximum absolute atomic E-state index is 12.4. The van der Waals surface area contributed by atoms with Crippen molar-refractivity contribution < 1.29 is 38.1 Å². The van der Waals surface area contributed by atoms with E-state index in [4.69, 9.17) is 18.9 Å². The normalized spacial score (nSPS) is 12.1. The third-order valence-electron chi connectivity index (χ3n) is 7.38. The molecule has 0 radical (unpaired) electrons. The van der Waals surface area contributed by atoms with Crippen LogP contribution in [0.15, 0.2) is 107 Å². The molecule has 272 valence electrons. The first-order valence-corrected chi connectivity index (χ1v) is 16.3. The van der Waals surface area contributed by atoms with E-state index in [1.54, 1.807) is 62.4 Å². The Hall–Kier alpha value is -5.90. The maximum Gasteiger partial charge on any atom is 0.411 e. The Balaban J connectivity index is 0.00000729. The Bertz CT molecular complexity index is 1800. The van der Waals surface area contributed by atoms with Gasteiger partial charge in [0.05, 0.1) is 37.3 Å². The number of ether oxygens (including phenoxy) is 4. The van der Waals surface area contributed by atoms with Gasteiger partial charge in [0, 0.05) is 11.4 Å². The highest BCUT2D eigenvalue weighted by Gasteiger charge is 2.14. The van der Waals surface area contributed by atoms with Gasteiger partial charge in [-0.25, -0.2) is 19.2 Å². The predicted octanol–water partition coefficient (Wildman–Crippen LogP) is 8.43. The second kappa shape index (κ2) is 21.3. The average molecular weight is 709 g/mol. The van der Waals surface area contributed by atoms with Crippen molar-refractivity contribution in [3.63, 3.8) is 0 Å². The second-order valence-corrected chi connectivity index (χ2v) is 11.8. The van der Waals surface area contributed by atoms with Crippen molar-refractivity contribution in [2.24, 2.45) is 9.98 Å². The number of carbonyl (C=O) groups is 2. The van der Waals surface area contributed by atoms with Gasteiger partial charge in [-0.3, -0.25) is 10.6 Å². The van der Waals surface area contributed by atoms with Crippen molar-refractivity contribution in [3.05, 3.63) is 119 Å². The highest BCUT2D eigenvalue weighted by Crippen LogP contribution is 2.19. The van der Waals surface area contributed by atoms with Crippen LogP contribution in [-0.4, -0.2) is 62.5 Å². The molecule has 0 heterocycles. The first-order valence-electron chi connectivity index (χ1n) is 16.3. The van der Waals surface area contributed by atoms with Gasteiger partial charge >= 0.3 is 12.2 Å². The molecule has 0 bridgehead atoms. The molecule has 4 aromatic rings. The summed E-state index contributed by atoms with van der Waals surface area (Å²) in [6, 6.07) is 29.5. The SMILES string of the molecule is C.CC(COCC(C)OC(=O)Nc1ccc(Cc2ccc(N=C=O)cc2)cc1)OCC(C)OC(=O)Nc1ccc(Cc2ccc(N=C=O)cc2)cc1. The summed E-state index contributed by atoms with van der Waals surface area (Å²) in [6.45, 7) is 5.90. The van der Waals surface area contributed by atoms with Gasteiger partial charge < -0.3 is 18.9 Å². The van der Waals surface area contributed by atoms with Crippen LogP contribution in [0.4, 0.5) is 32.3 Å². The molecule has 0 aliphatic rings. The van der Waals surface area contributed by atoms with Crippen LogP contribution >= 0.6 is 0 Å².